The van der Waals surface area contributed by atoms with Crippen LogP contribution in [0.2, 0.25) is 0 Å². The van der Waals surface area contributed by atoms with E-state index in [4.69, 9.17) is 0 Å². The molecule has 1 fully saturated rings. The summed E-state index contributed by atoms with van der Waals surface area (Å²) in [6, 6.07) is 3.22. The average Bonchev–Trinajstić information content (AvgIpc) is 2.97. The Balaban J connectivity index is 1.51. The molecule has 1 heterocycles. The molecule has 0 amide bonds. The standard InChI is InChI=1S/C17H27NS/c1-12(2)13-5-3-7-15(9-13)18-11-16-10-14-6-4-8-17(14)19-16/h10,12-13,15,18H,3-9,11H2,1-2H3. The van der Waals surface area contributed by atoms with Gasteiger partial charge >= 0.3 is 0 Å². The third-order valence-electron chi connectivity index (χ3n) is 5.02. The van der Waals surface area contributed by atoms with E-state index in [2.05, 4.69) is 36.6 Å². The highest BCUT2D eigenvalue weighted by atomic mass is 32.1. The molecule has 1 aromatic rings. The molecule has 2 heteroatoms. The summed E-state index contributed by atoms with van der Waals surface area (Å²) in [6.45, 7) is 5.88. The van der Waals surface area contributed by atoms with Crippen molar-refractivity contribution >= 4 is 11.3 Å². The number of fused-ring (bicyclic) bond motifs is 1. The summed E-state index contributed by atoms with van der Waals surface area (Å²) in [5.74, 6) is 1.80. The van der Waals surface area contributed by atoms with Gasteiger partial charge < -0.3 is 5.32 Å². The van der Waals surface area contributed by atoms with Crippen LogP contribution in [0.1, 0.15) is 61.3 Å². The molecule has 2 aliphatic rings. The molecule has 1 nitrogen and oxygen atoms in total. The Bertz CT molecular complexity index is 399. The van der Waals surface area contributed by atoms with Gasteiger partial charge in [0, 0.05) is 22.3 Å². The molecule has 2 unspecified atom stereocenters. The van der Waals surface area contributed by atoms with E-state index in [-0.39, 0.29) is 0 Å². The second-order valence-corrected chi connectivity index (χ2v) is 7.98. The molecule has 0 aliphatic heterocycles. The van der Waals surface area contributed by atoms with Crippen molar-refractivity contribution in [3.05, 3.63) is 21.4 Å². The van der Waals surface area contributed by atoms with E-state index in [1.807, 2.05) is 0 Å². The predicted molar refractivity (Wildman–Crippen MR) is 83.8 cm³/mol. The van der Waals surface area contributed by atoms with Crippen molar-refractivity contribution < 1.29 is 0 Å². The van der Waals surface area contributed by atoms with Crippen LogP contribution in [0.3, 0.4) is 0 Å². The molecule has 3 rings (SSSR count). The molecule has 0 spiro atoms. The van der Waals surface area contributed by atoms with Crippen molar-refractivity contribution in [3.63, 3.8) is 0 Å². The average molecular weight is 277 g/mol. The van der Waals surface area contributed by atoms with Crippen LogP contribution in [-0.2, 0) is 19.4 Å². The fourth-order valence-electron chi connectivity index (χ4n) is 3.74. The van der Waals surface area contributed by atoms with Gasteiger partial charge in [-0.25, -0.2) is 0 Å². The first-order valence-electron chi connectivity index (χ1n) is 8.06. The monoisotopic (exact) mass is 277 g/mol. The fraction of sp³-hybridized carbons (Fsp3) is 0.765. The van der Waals surface area contributed by atoms with Crippen molar-refractivity contribution in [2.45, 2.75) is 71.4 Å². The maximum Gasteiger partial charge on any atom is 0.0302 e. The smallest absolute Gasteiger partial charge is 0.0302 e. The van der Waals surface area contributed by atoms with Crippen LogP contribution in [-0.4, -0.2) is 6.04 Å². The zero-order valence-electron chi connectivity index (χ0n) is 12.4. The van der Waals surface area contributed by atoms with Gasteiger partial charge in [0.05, 0.1) is 0 Å². The van der Waals surface area contributed by atoms with E-state index >= 15 is 0 Å². The number of hydrogen-bond donors (Lipinski definition) is 1. The summed E-state index contributed by atoms with van der Waals surface area (Å²) in [6.07, 6.45) is 9.68. The van der Waals surface area contributed by atoms with E-state index in [9.17, 15) is 0 Å². The maximum absolute atomic E-state index is 3.82. The highest BCUT2D eigenvalue weighted by molar-refractivity contribution is 7.12. The quantitative estimate of drug-likeness (QED) is 0.852. The van der Waals surface area contributed by atoms with Crippen molar-refractivity contribution in [2.24, 2.45) is 11.8 Å². The van der Waals surface area contributed by atoms with Gasteiger partial charge in [0.25, 0.3) is 0 Å². The van der Waals surface area contributed by atoms with Crippen LogP contribution in [0.15, 0.2) is 6.07 Å². The molecule has 106 valence electrons. The highest BCUT2D eigenvalue weighted by Gasteiger charge is 2.24. The minimum atomic E-state index is 0.762. The Morgan fingerprint density at radius 3 is 2.95 bits per heavy atom. The summed E-state index contributed by atoms with van der Waals surface area (Å²) in [4.78, 5) is 3.23. The Hall–Kier alpha value is -0.340. The summed E-state index contributed by atoms with van der Waals surface area (Å²) in [7, 11) is 0. The van der Waals surface area contributed by atoms with Gasteiger partial charge in [0.1, 0.15) is 0 Å². The first kappa shape index (κ1) is 13.6. The molecule has 0 radical (unpaired) electrons. The lowest BCUT2D eigenvalue weighted by Gasteiger charge is -2.32. The molecule has 1 aromatic heterocycles. The fourth-order valence-corrected chi connectivity index (χ4v) is 4.95. The lowest BCUT2D eigenvalue weighted by atomic mass is 9.79. The summed E-state index contributed by atoms with van der Waals surface area (Å²) in [5, 5.41) is 3.82. The molecule has 2 aliphatic carbocycles. The third-order valence-corrected chi connectivity index (χ3v) is 6.26. The van der Waals surface area contributed by atoms with E-state index < -0.39 is 0 Å². The Kier molecular flexibility index (Phi) is 4.28. The van der Waals surface area contributed by atoms with Crippen LogP contribution in [0, 0.1) is 11.8 Å². The van der Waals surface area contributed by atoms with Crippen molar-refractivity contribution in [1.82, 2.24) is 5.32 Å². The normalized spacial score (nSPS) is 26.9. The number of aryl methyl sites for hydroxylation is 2. The van der Waals surface area contributed by atoms with Gasteiger partial charge in [-0.2, -0.15) is 0 Å². The summed E-state index contributed by atoms with van der Waals surface area (Å²) < 4.78 is 0. The topological polar surface area (TPSA) is 12.0 Å². The van der Waals surface area contributed by atoms with Gasteiger partial charge in [-0.15, -0.1) is 11.3 Å². The number of nitrogens with one attached hydrogen (secondary N) is 1. The zero-order valence-corrected chi connectivity index (χ0v) is 13.2. The molecule has 1 saturated carbocycles. The SMILES string of the molecule is CC(C)C1CCCC(NCc2cc3c(s2)CCC3)C1. The first-order valence-corrected chi connectivity index (χ1v) is 8.88. The Labute approximate surface area is 121 Å². The Morgan fingerprint density at radius 1 is 1.26 bits per heavy atom. The minimum absolute atomic E-state index is 0.762. The van der Waals surface area contributed by atoms with Gasteiger partial charge in [0.15, 0.2) is 0 Å². The second-order valence-electron chi connectivity index (χ2n) is 6.76. The molecule has 1 N–H and O–H groups in total. The van der Waals surface area contributed by atoms with E-state index in [0.717, 1.165) is 24.4 Å². The van der Waals surface area contributed by atoms with Crippen LogP contribution < -0.4 is 5.32 Å². The second kappa shape index (κ2) is 5.97. The molecule has 0 bridgehead atoms. The Morgan fingerprint density at radius 2 is 2.16 bits per heavy atom. The molecule has 0 aromatic carbocycles. The predicted octanol–water partition coefficient (Wildman–Crippen LogP) is 4.54. The molecular weight excluding hydrogens is 250 g/mol. The minimum Gasteiger partial charge on any atom is -0.309 e. The van der Waals surface area contributed by atoms with E-state index in [1.54, 1.807) is 15.3 Å². The van der Waals surface area contributed by atoms with Crippen molar-refractivity contribution in [1.29, 1.82) is 0 Å². The van der Waals surface area contributed by atoms with Crippen LogP contribution in [0.25, 0.3) is 0 Å². The van der Waals surface area contributed by atoms with E-state index in [0.29, 0.717) is 0 Å². The maximum atomic E-state index is 3.82. The lowest BCUT2D eigenvalue weighted by molar-refractivity contribution is 0.231. The number of thiophene rings is 1. The summed E-state index contributed by atoms with van der Waals surface area (Å²) >= 11 is 2.06. The van der Waals surface area contributed by atoms with Crippen LogP contribution in [0.5, 0.6) is 0 Å². The van der Waals surface area contributed by atoms with Crippen LogP contribution in [0.4, 0.5) is 0 Å². The van der Waals surface area contributed by atoms with Crippen LogP contribution >= 0.6 is 11.3 Å². The van der Waals surface area contributed by atoms with Gasteiger partial charge in [-0.1, -0.05) is 26.7 Å². The van der Waals surface area contributed by atoms with Gasteiger partial charge in [-0.3, -0.25) is 0 Å². The molecule has 0 saturated heterocycles. The van der Waals surface area contributed by atoms with Gasteiger partial charge in [0.2, 0.25) is 0 Å². The molecular formula is C17H27NS. The number of hydrogen-bond acceptors (Lipinski definition) is 2. The zero-order chi connectivity index (χ0) is 13.2. The van der Waals surface area contributed by atoms with E-state index in [1.165, 1.54) is 44.9 Å². The first-order chi connectivity index (χ1) is 9.22. The largest absolute Gasteiger partial charge is 0.309 e. The summed E-state index contributed by atoms with van der Waals surface area (Å²) in [5.41, 5.74) is 1.64. The molecule has 19 heavy (non-hydrogen) atoms. The number of rotatable bonds is 4. The van der Waals surface area contributed by atoms with Crippen molar-refractivity contribution in [2.75, 3.05) is 0 Å². The third kappa shape index (κ3) is 3.22. The lowest BCUT2D eigenvalue weighted by Crippen LogP contribution is -2.34. The highest BCUT2D eigenvalue weighted by Crippen LogP contribution is 2.32. The molecule has 2 atom stereocenters. The van der Waals surface area contributed by atoms with Gasteiger partial charge in [-0.05, 0) is 55.6 Å². The van der Waals surface area contributed by atoms with Crippen molar-refractivity contribution in [3.8, 4) is 0 Å².